The minimum atomic E-state index is -5.59. The Labute approximate surface area is 199 Å². The zero-order valence-corrected chi connectivity index (χ0v) is 19.6. The number of nitrogens with one attached hydrogen (secondary N) is 1. The van der Waals surface area contributed by atoms with Gasteiger partial charge in [-0.1, -0.05) is 0 Å². The van der Waals surface area contributed by atoms with Crippen LogP contribution < -0.4 is 11.2 Å². The van der Waals surface area contributed by atoms with Crippen LogP contribution >= 0.6 is 15.6 Å². The van der Waals surface area contributed by atoms with E-state index in [1.807, 2.05) is 4.98 Å². The standard InChI is InChI=1S/C15H24N2O17P2/c18-3-5-8(20)10(22)12(24)14(32-5)33-36(28,29)34-35(26,27)30-4-6-9(21)11(23)13(31-6)17-2-1-7(19)16-15(17)25/h1-2,5-6,8-14,18,20-24H,3-4H2,(H,26,27)(H,28,29)(H,16,19,25)/t5-,6-,8+,9-,10-,11-,12-,13-,14-/m1/s1. The summed E-state index contributed by atoms with van der Waals surface area (Å²) in [5.41, 5.74) is -1.75. The van der Waals surface area contributed by atoms with Crippen LogP contribution in [0.3, 0.4) is 0 Å². The third-order valence-corrected chi connectivity index (χ3v) is 7.76. The average molecular weight is 566 g/mol. The molecule has 0 spiro atoms. The Morgan fingerprint density at radius 2 is 1.56 bits per heavy atom. The summed E-state index contributed by atoms with van der Waals surface area (Å²) in [5.74, 6) is 0. The lowest BCUT2D eigenvalue weighted by molar-refractivity contribution is -0.280. The van der Waals surface area contributed by atoms with E-state index in [0.717, 1.165) is 16.8 Å². The summed E-state index contributed by atoms with van der Waals surface area (Å²) in [6.07, 6.45) is -15.4. The van der Waals surface area contributed by atoms with Crippen LogP contribution in [0.5, 0.6) is 0 Å². The van der Waals surface area contributed by atoms with Gasteiger partial charge in [0.15, 0.2) is 12.5 Å². The number of hydrogen-bond acceptors (Lipinski definition) is 15. The molecule has 36 heavy (non-hydrogen) atoms. The summed E-state index contributed by atoms with van der Waals surface area (Å²) in [5, 5.41) is 58.6. The van der Waals surface area contributed by atoms with E-state index in [2.05, 4.69) is 13.4 Å². The van der Waals surface area contributed by atoms with Gasteiger partial charge < -0.3 is 49.9 Å². The number of ether oxygens (including phenoxy) is 2. The second-order valence-electron chi connectivity index (χ2n) is 7.68. The summed E-state index contributed by atoms with van der Waals surface area (Å²) in [6, 6.07) is 0.928. The first-order chi connectivity index (χ1) is 16.7. The number of rotatable bonds is 9. The minimum absolute atomic E-state index is 0.723. The van der Waals surface area contributed by atoms with Crippen molar-refractivity contribution >= 4 is 15.6 Å². The SMILES string of the molecule is O=c1ccn([C@@H]2O[C@H](COP(=O)(O)OP(=O)(O)O[C@H]3O[C@H](CO)[C@H](O)[C@@H](O)[C@H]3O)[C@@H](O)[C@H]2O)c(=O)[nH]1. The minimum Gasteiger partial charge on any atom is -0.394 e. The summed E-state index contributed by atoms with van der Waals surface area (Å²) >= 11 is 0. The molecule has 0 aliphatic carbocycles. The number of aromatic nitrogens is 2. The van der Waals surface area contributed by atoms with Gasteiger partial charge in [0.05, 0.1) is 13.2 Å². The highest BCUT2D eigenvalue weighted by Gasteiger charge is 2.49. The Balaban J connectivity index is 1.61. The van der Waals surface area contributed by atoms with Crippen molar-refractivity contribution in [1.82, 2.24) is 9.55 Å². The Morgan fingerprint density at radius 1 is 0.917 bits per heavy atom. The number of aliphatic hydroxyl groups is 6. The second kappa shape index (κ2) is 11.2. The highest BCUT2D eigenvalue weighted by atomic mass is 31.3. The Bertz CT molecular complexity index is 1120. The second-order valence-corrected chi connectivity index (χ2v) is 10.7. The number of phosphoric ester groups is 2. The Hall–Kier alpha value is -1.38. The topological polar surface area (TPSA) is 297 Å². The molecule has 19 nitrogen and oxygen atoms in total. The molecule has 0 amide bonds. The molecule has 2 unspecified atom stereocenters. The van der Waals surface area contributed by atoms with Crippen LogP contribution in [0.4, 0.5) is 0 Å². The molecule has 2 fully saturated rings. The van der Waals surface area contributed by atoms with Crippen molar-refractivity contribution in [2.24, 2.45) is 0 Å². The lowest BCUT2D eigenvalue weighted by Gasteiger charge is -2.39. The van der Waals surface area contributed by atoms with Crippen molar-refractivity contribution in [2.75, 3.05) is 13.2 Å². The van der Waals surface area contributed by atoms with Crippen molar-refractivity contribution in [3.63, 3.8) is 0 Å². The van der Waals surface area contributed by atoms with Crippen molar-refractivity contribution in [1.29, 1.82) is 0 Å². The van der Waals surface area contributed by atoms with E-state index in [-0.39, 0.29) is 0 Å². The lowest BCUT2D eigenvalue weighted by Crippen LogP contribution is -2.58. The fourth-order valence-corrected chi connectivity index (χ4v) is 5.51. The van der Waals surface area contributed by atoms with Crippen LogP contribution in [0, 0.1) is 0 Å². The van der Waals surface area contributed by atoms with Crippen LogP contribution in [0.15, 0.2) is 21.9 Å². The molecule has 0 saturated carbocycles. The molecular weight excluding hydrogens is 542 g/mol. The van der Waals surface area contributed by atoms with Crippen molar-refractivity contribution in [3.05, 3.63) is 33.1 Å². The van der Waals surface area contributed by atoms with Gasteiger partial charge in [0, 0.05) is 12.3 Å². The van der Waals surface area contributed by atoms with E-state index in [4.69, 9.17) is 14.6 Å². The Morgan fingerprint density at radius 3 is 2.17 bits per heavy atom. The highest BCUT2D eigenvalue weighted by Crippen LogP contribution is 2.61. The molecule has 1 aromatic heterocycles. The maximum atomic E-state index is 12.2. The van der Waals surface area contributed by atoms with Gasteiger partial charge in [-0.2, -0.15) is 4.31 Å². The molecular formula is C15H24N2O17P2. The maximum absolute atomic E-state index is 12.2. The number of aliphatic hydroxyl groups excluding tert-OH is 6. The molecule has 21 heteroatoms. The van der Waals surface area contributed by atoms with Crippen LogP contribution in [-0.4, -0.2) is 112 Å². The first-order valence-electron chi connectivity index (χ1n) is 9.99. The average Bonchev–Trinajstić information content (AvgIpc) is 3.06. The summed E-state index contributed by atoms with van der Waals surface area (Å²) < 4.78 is 48.1. The highest BCUT2D eigenvalue weighted by molar-refractivity contribution is 7.61. The summed E-state index contributed by atoms with van der Waals surface area (Å²) in [6.45, 7) is -1.93. The fourth-order valence-electron chi connectivity index (χ4n) is 3.35. The monoisotopic (exact) mass is 566 g/mol. The molecule has 2 aliphatic rings. The number of phosphoric acid groups is 2. The predicted molar refractivity (Wildman–Crippen MR) is 109 cm³/mol. The first kappa shape index (κ1) is 29.2. The lowest BCUT2D eigenvalue weighted by atomic mass is 10.00. The normalized spacial score (nSPS) is 38.4. The third-order valence-electron chi connectivity index (χ3n) is 5.16. The molecule has 11 atom stereocenters. The van der Waals surface area contributed by atoms with Crippen LogP contribution in [-0.2, 0) is 32.0 Å². The van der Waals surface area contributed by atoms with Crippen molar-refractivity contribution < 1.29 is 72.4 Å². The molecule has 0 radical (unpaired) electrons. The Kier molecular flexibility index (Phi) is 9.05. The molecule has 3 rings (SSSR count). The molecule has 206 valence electrons. The van der Waals surface area contributed by atoms with Crippen LogP contribution in [0.2, 0.25) is 0 Å². The van der Waals surface area contributed by atoms with E-state index < -0.39 is 95.4 Å². The molecule has 1 aromatic rings. The quantitative estimate of drug-likeness (QED) is 0.127. The van der Waals surface area contributed by atoms with Gasteiger partial charge in [-0.25, -0.2) is 13.9 Å². The van der Waals surface area contributed by atoms with Gasteiger partial charge in [-0.3, -0.25) is 23.4 Å². The van der Waals surface area contributed by atoms with E-state index >= 15 is 0 Å². The zero-order chi connectivity index (χ0) is 27.0. The first-order valence-corrected chi connectivity index (χ1v) is 13.0. The predicted octanol–water partition coefficient (Wildman–Crippen LogP) is -4.79. The van der Waals surface area contributed by atoms with Gasteiger partial charge in [0.25, 0.3) is 5.56 Å². The molecule has 0 bridgehead atoms. The van der Waals surface area contributed by atoms with Crippen molar-refractivity contribution in [3.8, 4) is 0 Å². The van der Waals surface area contributed by atoms with E-state index in [0.29, 0.717) is 0 Å². The largest absolute Gasteiger partial charge is 0.483 e. The van der Waals surface area contributed by atoms with Crippen LogP contribution in [0.25, 0.3) is 0 Å². The smallest absolute Gasteiger partial charge is 0.394 e. The van der Waals surface area contributed by atoms with Crippen molar-refractivity contribution in [2.45, 2.75) is 55.2 Å². The van der Waals surface area contributed by atoms with E-state index in [1.54, 1.807) is 0 Å². The van der Waals surface area contributed by atoms with E-state index in [9.17, 15) is 54.0 Å². The molecule has 0 aromatic carbocycles. The zero-order valence-electron chi connectivity index (χ0n) is 17.9. The van der Waals surface area contributed by atoms with Gasteiger partial charge in [0.2, 0.25) is 0 Å². The van der Waals surface area contributed by atoms with Crippen LogP contribution in [0.1, 0.15) is 6.23 Å². The molecule has 2 saturated heterocycles. The number of hydrogen-bond donors (Lipinski definition) is 9. The van der Waals surface area contributed by atoms with Gasteiger partial charge in [0.1, 0.15) is 42.7 Å². The van der Waals surface area contributed by atoms with Gasteiger partial charge >= 0.3 is 21.3 Å². The van der Waals surface area contributed by atoms with E-state index in [1.165, 1.54) is 0 Å². The molecule has 2 aliphatic heterocycles. The van der Waals surface area contributed by atoms with Gasteiger partial charge in [-0.05, 0) is 0 Å². The maximum Gasteiger partial charge on any atom is 0.483 e. The third kappa shape index (κ3) is 6.54. The van der Waals surface area contributed by atoms with Gasteiger partial charge in [-0.15, -0.1) is 0 Å². The summed E-state index contributed by atoms with van der Waals surface area (Å²) in [4.78, 5) is 44.5. The number of H-pyrrole nitrogens is 1. The number of aromatic amines is 1. The summed E-state index contributed by atoms with van der Waals surface area (Å²) in [7, 11) is -11.1. The fraction of sp³-hybridized carbons (Fsp3) is 0.733. The number of nitrogens with zero attached hydrogens (tertiary/aromatic N) is 1. The molecule has 3 heterocycles. The molecule has 9 N–H and O–H groups in total.